The van der Waals surface area contributed by atoms with Gasteiger partial charge in [-0.1, -0.05) is 0 Å². The zero-order valence-corrected chi connectivity index (χ0v) is 7.01. The fraction of sp³-hybridized carbons (Fsp3) is 0.333. The highest BCUT2D eigenvalue weighted by Gasteiger charge is 1.94. The first-order chi connectivity index (χ1) is 4.70. The summed E-state index contributed by atoms with van der Waals surface area (Å²) in [5, 5.41) is 0. The normalized spacial score (nSPS) is 8.55. The Morgan fingerprint density at radius 3 is 1.45 bits per heavy atom. The molecule has 0 aromatic carbocycles. The van der Waals surface area contributed by atoms with E-state index in [1.807, 2.05) is 0 Å². The fourth-order valence-corrected chi connectivity index (χ4v) is 0.272. The SMILES string of the molecule is COC(=O)/C=C\C(=O)OC.Cl. The summed E-state index contributed by atoms with van der Waals surface area (Å²) in [5.41, 5.74) is 0. The maximum Gasteiger partial charge on any atom is 0.330 e. The molecule has 64 valence electrons. The van der Waals surface area contributed by atoms with Gasteiger partial charge < -0.3 is 9.47 Å². The molecule has 5 heteroatoms. The van der Waals surface area contributed by atoms with Crippen LogP contribution < -0.4 is 0 Å². The third kappa shape index (κ3) is 6.86. The van der Waals surface area contributed by atoms with Crippen LogP contribution in [-0.2, 0) is 19.1 Å². The van der Waals surface area contributed by atoms with Crippen LogP contribution >= 0.6 is 12.4 Å². The van der Waals surface area contributed by atoms with Gasteiger partial charge in [-0.25, -0.2) is 9.59 Å². The molecule has 0 N–H and O–H groups in total. The molecule has 0 aliphatic heterocycles. The van der Waals surface area contributed by atoms with Crippen LogP contribution in [0.15, 0.2) is 12.2 Å². The van der Waals surface area contributed by atoms with E-state index in [2.05, 4.69) is 9.47 Å². The molecule has 0 atom stereocenters. The van der Waals surface area contributed by atoms with E-state index in [1.54, 1.807) is 0 Å². The Balaban J connectivity index is 0. The Labute approximate surface area is 70.6 Å². The number of hydrogen-bond acceptors (Lipinski definition) is 4. The Kier molecular flexibility index (Phi) is 8.13. The first kappa shape index (κ1) is 12.6. The molecule has 11 heavy (non-hydrogen) atoms. The second kappa shape index (κ2) is 7.08. The lowest BCUT2D eigenvalue weighted by molar-refractivity contribution is -0.137. The lowest BCUT2D eigenvalue weighted by Crippen LogP contribution is -1.98. The second-order valence-electron chi connectivity index (χ2n) is 1.38. The average Bonchev–Trinajstić information content (AvgIpc) is 1.99. The van der Waals surface area contributed by atoms with Crippen molar-refractivity contribution in [3.63, 3.8) is 0 Å². The van der Waals surface area contributed by atoms with Gasteiger partial charge in [0.25, 0.3) is 0 Å². The van der Waals surface area contributed by atoms with Gasteiger partial charge in [0.1, 0.15) is 0 Å². The quantitative estimate of drug-likeness (QED) is 0.454. The molecule has 0 rings (SSSR count). The van der Waals surface area contributed by atoms with Crippen LogP contribution in [0.2, 0.25) is 0 Å². The van der Waals surface area contributed by atoms with Crippen LogP contribution in [0.25, 0.3) is 0 Å². The van der Waals surface area contributed by atoms with Gasteiger partial charge in [0.2, 0.25) is 0 Å². The predicted octanol–water partition coefficient (Wildman–Crippen LogP) is 0.310. The van der Waals surface area contributed by atoms with Gasteiger partial charge in [-0.05, 0) is 0 Å². The molecule has 0 heterocycles. The topological polar surface area (TPSA) is 52.6 Å². The van der Waals surface area contributed by atoms with Crippen LogP contribution in [0.1, 0.15) is 0 Å². The average molecular weight is 181 g/mol. The van der Waals surface area contributed by atoms with Crippen molar-refractivity contribution in [2.45, 2.75) is 0 Å². The van der Waals surface area contributed by atoms with E-state index in [1.165, 1.54) is 14.2 Å². The standard InChI is InChI=1S/C6H8O4.ClH/c1-9-5(7)3-4-6(8)10-2;/h3-4H,1-2H3;1H/b4-3-;. The van der Waals surface area contributed by atoms with E-state index >= 15 is 0 Å². The molecule has 0 aromatic rings. The number of methoxy groups -OCH3 is 2. The number of hydrogen-bond donors (Lipinski definition) is 0. The minimum Gasteiger partial charge on any atom is -0.466 e. The van der Waals surface area contributed by atoms with Crippen molar-refractivity contribution in [2.75, 3.05) is 14.2 Å². The van der Waals surface area contributed by atoms with Crippen LogP contribution in [0.4, 0.5) is 0 Å². The van der Waals surface area contributed by atoms with Gasteiger partial charge in [0, 0.05) is 12.2 Å². The van der Waals surface area contributed by atoms with Gasteiger partial charge in [-0.15, -0.1) is 12.4 Å². The third-order valence-electron chi connectivity index (χ3n) is 0.758. The Hall–Kier alpha value is -1.03. The second-order valence-corrected chi connectivity index (χ2v) is 1.38. The van der Waals surface area contributed by atoms with E-state index in [0.29, 0.717) is 0 Å². The Bertz CT molecular complexity index is 146. The molecule has 0 saturated carbocycles. The van der Waals surface area contributed by atoms with E-state index in [9.17, 15) is 9.59 Å². The van der Waals surface area contributed by atoms with Crippen molar-refractivity contribution < 1.29 is 19.1 Å². The number of carbonyl (C=O) groups excluding carboxylic acids is 2. The van der Waals surface area contributed by atoms with Gasteiger partial charge in [-0.2, -0.15) is 0 Å². The first-order valence-electron chi connectivity index (χ1n) is 2.54. The zero-order valence-electron chi connectivity index (χ0n) is 6.20. The molecular formula is C6H9ClO4. The van der Waals surface area contributed by atoms with E-state index in [-0.39, 0.29) is 12.4 Å². The highest BCUT2D eigenvalue weighted by molar-refractivity contribution is 5.91. The minimum absolute atomic E-state index is 0. The number of esters is 2. The highest BCUT2D eigenvalue weighted by atomic mass is 35.5. The molecule has 0 radical (unpaired) electrons. The van der Waals surface area contributed by atoms with E-state index in [4.69, 9.17) is 0 Å². The molecule has 4 nitrogen and oxygen atoms in total. The maximum absolute atomic E-state index is 10.3. The number of carbonyl (C=O) groups is 2. The zero-order chi connectivity index (χ0) is 7.98. The van der Waals surface area contributed by atoms with Gasteiger partial charge in [-0.3, -0.25) is 0 Å². The summed E-state index contributed by atoms with van der Waals surface area (Å²) in [6.07, 6.45) is 1.98. The van der Waals surface area contributed by atoms with Crippen molar-refractivity contribution >= 4 is 24.3 Å². The summed E-state index contributed by atoms with van der Waals surface area (Å²) in [6, 6.07) is 0. The summed E-state index contributed by atoms with van der Waals surface area (Å²) in [5.74, 6) is -1.16. The highest BCUT2D eigenvalue weighted by Crippen LogP contribution is 1.80. The van der Waals surface area contributed by atoms with Crippen LogP contribution in [0.5, 0.6) is 0 Å². The van der Waals surface area contributed by atoms with Gasteiger partial charge >= 0.3 is 11.9 Å². The van der Waals surface area contributed by atoms with Crippen molar-refractivity contribution in [2.24, 2.45) is 0 Å². The van der Waals surface area contributed by atoms with Gasteiger partial charge in [0.05, 0.1) is 14.2 Å². The first-order valence-corrected chi connectivity index (χ1v) is 2.54. The molecule has 0 bridgehead atoms. The lowest BCUT2D eigenvalue weighted by Gasteiger charge is -1.89. The van der Waals surface area contributed by atoms with E-state index < -0.39 is 11.9 Å². The van der Waals surface area contributed by atoms with E-state index in [0.717, 1.165) is 12.2 Å². The Morgan fingerprint density at radius 2 is 1.27 bits per heavy atom. The summed E-state index contributed by atoms with van der Waals surface area (Å²) in [7, 11) is 2.45. The lowest BCUT2D eigenvalue weighted by atomic mass is 10.5. The molecule has 0 aliphatic carbocycles. The van der Waals surface area contributed by atoms with Crippen LogP contribution in [-0.4, -0.2) is 26.2 Å². The molecule has 0 saturated heterocycles. The van der Waals surface area contributed by atoms with Crippen LogP contribution in [0.3, 0.4) is 0 Å². The van der Waals surface area contributed by atoms with Crippen molar-refractivity contribution in [1.29, 1.82) is 0 Å². The molecule has 0 amide bonds. The molecule has 0 spiro atoms. The van der Waals surface area contributed by atoms with Crippen molar-refractivity contribution in [3.8, 4) is 0 Å². The number of rotatable bonds is 2. The summed E-state index contributed by atoms with van der Waals surface area (Å²) < 4.78 is 8.42. The predicted molar refractivity (Wildman–Crippen MR) is 40.4 cm³/mol. The van der Waals surface area contributed by atoms with Gasteiger partial charge in [0.15, 0.2) is 0 Å². The molecule has 0 aliphatic rings. The minimum atomic E-state index is -0.578. The summed E-state index contributed by atoms with van der Waals surface area (Å²) >= 11 is 0. The maximum atomic E-state index is 10.3. The van der Waals surface area contributed by atoms with Crippen LogP contribution in [0, 0.1) is 0 Å². The molecule has 0 aromatic heterocycles. The molecule has 0 fully saturated rings. The smallest absolute Gasteiger partial charge is 0.330 e. The number of ether oxygens (including phenoxy) is 2. The molecule has 0 unspecified atom stereocenters. The molecular weight excluding hydrogens is 172 g/mol. The summed E-state index contributed by atoms with van der Waals surface area (Å²) in [4.78, 5) is 20.6. The van der Waals surface area contributed by atoms with Crippen molar-refractivity contribution in [1.82, 2.24) is 0 Å². The largest absolute Gasteiger partial charge is 0.466 e. The monoisotopic (exact) mass is 180 g/mol. The van der Waals surface area contributed by atoms with Crippen molar-refractivity contribution in [3.05, 3.63) is 12.2 Å². The third-order valence-corrected chi connectivity index (χ3v) is 0.758. The number of halogens is 1. The fourth-order valence-electron chi connectivity index (χ4n) is 0.272. The summed E-state index contributed by atoms with van der Waals surface area (Å²) in [6.45, 7) is 0. The Morgan fingerprint density at radius 1 is 1.00 bits per heavy atom.